The Bertz CT molecular complexity index is 999. The van der Waals surface area contributed by atoms with Gasteiger partial charge in [-0.2, -0.15) is 0 Å². The van der Waals surface area contributed by atoms with Gasteiger partial charge in [-0.1, -0.05) is 11.6 Å². The number of aromatic nitrogens is 1. The van der Waals surface area contributed by atoms with Crippen LogP contribution in [-0.2, 0) is 10.0 Å². The fraction of sp³-hybridized carbons (Fsp3) is 0.368. The van der Waals surface area contributed by atoms with E-state index in [1.807, 2.05) is 0 Å². The number of nitrogens with one attached hydrogen (secondary N) is 1. The number of piperidine rings is 1. The molecule has 4 rings (SSSR count). The summed E-state index contributed by atoms with van der Waals surface area (Å²) >= 11 is 6.05. The molecule has 28 heavy (non-hydrogen) atoms. The number of hydrogen-bond acceptors (Lipinski definition) is 5. The second-order valence-corrected chi connectivity index (χ2v) is 9.25. The number of sulfonamides is 1. The van der Waals surface area contributed by atoms with Gasteiger partial charge in [0.05, 0.1) is 12.7 Å². The predicted molar refractivity (Wildman–Crippen MR) is 104 cm³/mol. The monoisotopic (exact) mass is 421 g/mol. The normalized spacial score (nSPS) is 23.8. The number of pyridine rings is 1. The van der Waals surface area contributed by atoms with Crippen LogP contribution < -0.4 is 9.46 Å². The molecule has 148 valence electrons. The van der Waals surface area contributed by atoms with Crippen molar-refractivity contribution in [2.24, 2.45) is 5.92 Å². The largest absolute Gasteiger partial charge is 0.496 e. The highest BCUT2D eigenvalue weighted by Crippen LogP contribution is 2.40. The summed E-state index contributed by atoms with van der Waals surface area (Å²) in [5.41, 5.74) is 0.426. The number of amides is 1. The van der Waals surface area contributed by atoms with E-state index < -0.39 is 10.0 Å². The van der Waals surface area contributed by atoms with E-state index in [1.54, 1.807) is 29.2 Å². The Labute approximate surface area is 168 Å². The lowest BCUT2D eigenvalue weighted by Crippen LogP contribution is -2.47. The molecule has 3 unspecified atom stereocenters. The van der Waals surface area contributed by atoms with Gasteiger partial charge in [-0.3, -0.25) is 9.78 Å². The summed E-state index contributed by atoms with van der Waals surface area (Å²) in [4.78, 5) is 18.8. The zero-order chi connectivity index (χ0) is 19.9. The van der Waals surface area contributed by atoms with Crippen molar-refractivity contribution >= 4 is 27.5 Å². The standard InChI is InChI=1S/C19H20ClN3O4S/c1-27-18-5-4-13(20)8-16(18)19(24)23-11-12-7-14(23)9-17(12)22-28(25,26)15-3-2-6-21-10-15/h2-6,8,10,12,14,17,22H,7,9,11H2,1H3. The molecule has 7 nitrogen and oxygen atoms in total. The number of ether oxygens (including phenoxy) is 1. The van der Waals surface area contributed by atoms with E-state index in [2.05, 4.69) is 9.71 Å². The van der Waals surface area contributed by atoms with E-state index in [1.165, 1.54) is 25.6 Å². The van der Waals surface area contributed by atoms with Crippen LogP contribution in [0.25, 0.3) is 0 Å². The first-order valence-corrected chi connectivity index (χ1v) is 10.8. The summed E-state index contributed by atoms with van der Waals surface area (Å²) in [6.45, 7) is 0.499. The summed E-state index contributed by atoms with van der Waals surface area (Å²) in [6, 6.07) is 7.86. The third-order valence-corrected chi connectivity index (χ3v) is 7.16. The van der Waals surface area contributed by atoms with E-state index in [0.29, 0.717) is 29.3 Å². The molecular formula is C19H20ClN3O4S. The van der Waals surface area contributed by atoms with Gasteiger partial charge in [0.2, 0.25) is 10.0 Å². The molecule has 0 radical (unpaired) electrons. The zero-order valence-electron chi connectivity index (χ0n) is 15.2. The SMILES string of the molecule is COc1ccc(Cl)cc1C(=O)N1CC2CC1CC2NS(=O)(=O)c1cccnc1. The first kappa shape index (κ1) is 19.2. The van der Waals surface area contributed by atoms with Crippen LogP contribution in [0, 0.1) is 5.92 Å². The van der Waals surface area contributed by atoms with Crippen molar-refractivity contribution in [2.75, 3.05) is 13.7 Å². The van der Waals surface area contributed by atoms with Crippen LogP contribution >= 0.6 is 11.6 Å². The highest BCUT2D eigenvalue weighted by atomic mass is 35.5. The number of carbonyl (C=O) groups is 1. The highest BCUT2D eigenvalue weighted by Gasteiger charge is 2.48. The number of methoxy groups -OCH3 is 1. The maximum absolute atomic E-state index is 13.0. The van der Waals surface area contributed by atoms with Crippen LogP contribution in [0.5, 0.6) is 5.75 Å². The molecule has 1 amide bonds. The molecule has 2 aromatic rings. The summed E-state index contributed by atoms with van der Waals surface area (Å²) in [5.74, 6) is 0.414. The molecular weight excluding hydrogens is 402 g/mol. The maximum Gasteiger partial charge on any atom is 0.257 e. The molecule has 1 N–H and O–H groups in total. The molecule has 2 bridgehead atoms. The number of halogens is 1. The molecule has 1 aromatic heterocycles. The molecule has 0 spiro atoms. The average molecular weight is 422 g/mol. The van der Waals surface area contributed by atoms with E-state index in [0.717, 1.165) is 6.42 Å². The lowest BCUT2D eigenvalue weighted by atomic mass is 10.0. The molecule has 1 aliphatic carbocycles. The fourth-order valence-corrected chi connectivity index (χ4v) is 5.57. The van der Waals surface area contributed by atoms with Gasteiger partial charge in [0.1, 0.15) is 10.6 Å². The van der Waals surface area contributed by atoms with Crippen molar-refractivity contribution in [2.45, 2.75) is 29.8 Å². The van der Waals surface area contributed by atoms with Crippen LogP contribution in [0.4, 0.5) is 0 Å². The third kappa shape index (κ3) is 3.47. The van der Waals surface area contributed by atoms with Gasteiger partial charge in [-0.15, -0.1) is 0 Å². The number of likely N-dealkylation sites (tertiary alicyclic amines) is 1. The van der Waals surface area contributed by atoms with E-state index in [-0.39, 0.29) is 28.8 Å². The minimum Gasteiger partial charge on any atom is -0.496 e. The van der Waals surface area contributed by atoms with Gasteiger partial charge in [-0.05, 0) is 49.1 Å². The smallest absolute Gasteiger partial charge is 0.257 e. The van der Waals surface area contributed by atoms with Crippen LogP contribution in [0.15, 0.2) is 47.6 Å². The number of nitrogens with zero attached hydrogens (tertiary/aromatic N) is 2. The minimum atomic E-state index is -3.63. The molecule has 9 heteroatoms. The number of hydrogen-bond donors (Lipinski definition) is 1. The van der Waals surface area contributed by atoms with E-state index >= 15 is 0 Å². The Morgan fingerprint density at radius 3 is 2.79 bits per heavy atom. The van der Waals surface area contributed by atoms with Crippen LogP contribution in [0.2, 0.25) is 5.02 Å². The number of rotatable bonds is 5. The second kappa shape index (κ2) is 7.35. The molecule has 1 saturated heterocycles. The maximum atomic E-state index is 13.0. The van der Waals surface area contributed by atoms with Gasteiger partial charge in [-0.25, -0.2) is 13.1 Å². The van der Waals surface area contributed by atoms with E-state index in [4.69, 9.17) is 16.3 Å². The number of carbonyl (C=O) groups excluding carboxylic acids is 1. The summed E-state index contributed by atoms with van der Waals surface area (Å²) in [7, 11) is -2.11. The third-order valence-electron chi connectivity index (χ3n) is 5.45. The van der Waals surface area contributed by atoms with Crippen LogP contribution in [0.3, 0.4) is 0 Å². The lowest BCUT2D eigenvalue weighted by molar-refractivity contribution is 0.0688. The average Bonchev–Trinajstić information content (AvgIpc) is 3.28. The summed E-state index contributed by atoms with van der Waals surface area (Å²) in [6.07, 6.45) is 4.22. The van der Waals surface area contributed by atoms with Gasteiger partial charge in [0, 0.05) is 36.0 Å². The molecule has 1 aromatic carbocycles. The Kier molecular flexibility index (Phi) is 5.03. The van der Waals surface area contributed by atoms with Crippen molar-refractivity contribution in [1.82, 2.24) is 14.6 Å². The Morgan fingerprint density at radius 1 is 1.32 bits per heavy atom. The van der Waals surface area contributed by atoms with Crippen molar-refractivity contribution in [3.63, 3.8) is 0 Å². The quantitative estimate of drug-likeness (QED) is 0.800. The summed E-state index contributed by atoms with van der Waals surface area (Å²) < 4.78 is 33.2. The molecule has 2 fully saturated rings. The predicted octanol–water partition coefficient (Wildman–Crippen LogP) is 2.33. The zero-order valence-corrected chi connectivity index (χ0v) is 16.8. The number of fused-ring (bicyclic) bond motifs is 2. The van der Waals surface area contributed by atoms with Crippen LogP contribution in [-0.4, -0.2) is 49.9 Å². The van der Waals surface area contributed by atoms with E-state index in [9.17, 15) is 13.2 Å². The number of benzene rings is 1. The summed E-state index contributed by atoms with van der Waals surface area (Å²) in [5, 5.41) is 0.468. The van der Waals surface area contributed by atoms with Gasteiger partial charge >= 0.3 is 0 Å². The van der Waals surface area contributed by atoms with Crippen molar-refractivity contribution in [3.05, 3.63) is 53.3 Å². The minimum absolute atomic E-state index is 0.0113. The van der Waals surface area contributed by atoms with Gasteiger partial charge in [0.25, 0.3) is 5.91 Å². The molecule has 3 atom stereocenters. The second-order valence-electron chi connectivity index (χ2n) is 7.10. The van der Waals surface area contributed by atoms with Gasteiger partial charge in [0.15, 0.2) is 0 Å². The molecule has 1 aliphatic heterocycles. The fourth-order valence-electron chi connectivity index (χ4n) is 4.12. The Hall–Kier alpha value is -2.16. The lowest BCUT2D eigenvalue weighted by Gasteiger charge is -2.32. The van der Waals surface area contributed by atoms with Gasteiger partial charge < -0.3 is 9.64 Å². The van der Waals surface area contributed by atoms with Crippen molar-refractivity contribution in [3.8, 4) is 5.75 Å². The molecule has 1 saturated carbocycles. The topological polar surface area (TPSA) is 88.6 Å². The first-order chi connectivity index (χ1) is 13.4. The first-order valence-electron chi connectivity index (χ1n) is 8.96. The molecule has 2 heterocycles. The Balaban J connectivity index is 1.47. The van der Waals surface area contributed by atoms with Crippen molar-refractivity contribution < 1.29 is 17.9 Å². The molecule has 2 aliphatic rings. The van der Waals surface area contributed by atoms with Crippen molar-refractivity contribution in [1.29, 1.82) is 0 Å². The Morgan fingerprint density at radius 2 is 2.14 bits per heavy atom. The highest BCUT2D eigenvalue weighted by molar-refractivity contribution is 7.89. The van der Waals surface area contributed by atoms with Crippen LogP contribution in [0.1, 0.15) is 23.2 Å².